The Morgan fingerprint density at radius 1 is 0.697 bits per heavy atom. The molecule has 0 saturated carbocycles. The Morgan fingerprint density at radius 3 is 1.33 bits per heavy atom. The maximum absolute atomic E-state index is 13.1. The largest absolute Gasteiger partial charge is 0.748 e. The summed E-state index contributed by atoms with van der Waals surface area (Å²) in [5.41, 5.74) is -5.38. The summed E-state index contributed by atoms with van der Waals surface area (Å²) in [5.74, 6) is -4.82. The fourth-order valence-corrected chi connectivity index (χ4v) is 4.31. The number of unbranched alkanes of at least 4 members (excludes halogenated alkanes) is 13. The number of carbonyl (C=O) groups is 1. The highest BCUT2D eigenvalue weighted by molar-refractivity contribution is 7.85. The lowest BCUT2D eigenvalue weighted by molar-refractivity contribution is -0.361. The molecule has 0 radical (unpaired) electrons. The predicted octanol–water partition coefficient (Wildman–Crippen LogP) is 6.81. The van der Waals surface area contributed by atoms with Gasteiger partial charge in [0, 0.05) is 6.42 Å². The van der Waals surface area contributed by atoms with Crippen LogP contribution in [0.3, 0.4) is 0 Å². The molecule has 0 aliphatic rings. The first-order chi connectivity index (χ1) is 15.2. The summed E-state index contributed by atoms with van der Waals surface area (Å²) in [6.45, 7) is 2.17. The van der Waals surface area contributed by atoms with Gasteiger partial charge >= 0.3 is 23.9 Å². The third kappa shape index (κ3) is 13.4. The summed E-state index contributed by atoms with van der Waals surface area (Å²) < 4.78 is 114. The van der Waals surface area contributed by atoms with Crippen LogP contribution in [0.15, 0.2) is 0 Å². The van der Waals surface area contributed by atoms with E-state index in [0.29, 0.717) is 12.8 Å². The maximum atomic E-state index is 13.1. The summed E-state index contributed by atoms with van der Waals surface area (Å²) >= 11 is 0. The number of hydrogen-bond donors (Lipinski definition) is 0. The molecule has 0 aliphatic carbocycles. The van der Waals surface area contributed by atoms with Gasteiger partial charge < -0.3 is 9.29 Å². The van der Waals surface area contributed by atoms with Crippen molar-refractivity contribution in [2.75, 3.05) is 5.75 Å². The molecule has 0 bridgehead atoms. The normalized spacial score (nSPS) is 13.3. The molecule has 0 rings (SSSR count). The van der Waals surface area contributed by atoms with Gasteiger partial charge in [0.25, 0.3) is 0 Å². The van der Waals surface area contributed by atoms with Crippen LogP contribution in [0.5, 0.6) is 0 Å². The number of carbonyl (C=O) groups excluding carboxylic acids is 1. The Hall–Kier alpha value is -1.04. The summed E-state index contributed by atoms with van der Waals surface area (Å²) in [4.78, 5) is 11.6. The lowest BCUT2D eigenvalue weighted by atomic mass is 10.0. The van der Waals surface area contributed by atoms with E-state index in [-0.39, 0.29) is 6.42 Å². The lowest BCUT2D eigenvalue weighted by Crippen LogP contribution is -2.63. The van der Waals surface area contributed by atoms with Crippen molar-refractivity contribution in [1.29, 1.82) is 0 Å². The number of alkyl halides is 6. The van der Waals surface area contributed by atoms with Gasteiger partial charge in [-0.15, -0.1) is 0 Å². The van der Waals surface area contributed by atoms with E-state index in [4.69, 9.17) is 0 Å². The highest BCUT2D eigenvalue weighted by atomic mass is 32.2. The minimum absolute atomic E-state index is 0.00743. The van der Waals surface area contributed by atoms with E-state index in [1.165, 1.54) is 38.5 Å². The number of hydrogen-bond acceptors (Lipinski definition) is 5. The molecule has 0 aliphatic heterocycles. The minimum atomic E-state index is -6.33. The topological polar surface area (TPSA) is 83.5 Å². The Balaban J connectivity index is 4.25. The molecule has 0 fully saturated rings. The van der Waals surface area contributed by atoms with E-state index in [1.807, 2.05) is 0 Å². The van der Waals surface area contributed by atoms with Crippen LogP contribution in [-0.2, 0) is 19.6 Å². The molecular formula is C21H35F6O5S-. The van der Waals surface area contributed by atoms with Gasteiger partial charge in [-0.2, -0.15) is 26.3 Å². The molecule has 0 aromatic rings. The lowest BCUT2D eigenvalue weighted by Gasteiger charge is -2.36. The number of rotatable bonds is 18. The van der Waals surface area contributed by atoms with Crippen LogP contribution >= 0.6 is 0 Å². The molecule has 0 saturated heterocycles. The van der Waals surface area contributed by atoms with E-state index in [9.17, 15) is 44.1 Å². The fourth-order valence-electron chi connectivity index (χ4n) is 3.43. The average Bonchev–Trinajstić information content (AvgIpc) is 2.65. The van der Waals surface area contributed by atoms with Crippen molar-refractivity contribution < 1.29 is 48.8 Å². The third-order valence-electron chi connectivity index (χ3n) is 5.32. The second kappa shape index (κ2) is 15.1. The molecule has 0 atom stereocenters. The fraction of sp³-hybridized carbons (Fsp3) is 0.952. The van der Waals surface area contributed by atoms with Crippen molar-refractivity contribution in [2.45, 2.75) is 121 Å². The highest BCUT2D eigenvalue weighted by Gasteiger charge is 2.75. The van der Waals surface area contributed by atoms with Crippen molar-refractivity contribution in [3.63, 3.8) is 0 Å². The van der Waals surface area contributed by atoms with Gasteiger partial charge in [-0.3, -0.25) is 4.79 Å². The van der Waals surface area contributed by atoms with E-state index in [0.717, 1.165) is 32.1 Å². The Bertz CT molecular complexity index is 633. The second-order valence-electron chi connectivity index (χ2n) is 8.34. The molecule has 0 aromatic heterocycles. The summed E-state index contributed by atoms with van der Waals surface area (Å²) in [7, 11) is -6.01. The van der Waals surface area contributed by atoms with Crippen LogP contribution in [0.2, 0.25) is 0 Å². The van der Waals surface area contributed by atoms with Crippen LogP contribution in [0.4, 0.5) is 26.3 Å². The summed E-state index contributed by atoms with van der Waals surface area (Å²) in [5, 5.41) is 0. The minimum Gasteiger partial charge on any atom is -0.748 e. The highest BCUT2D eigenvalue weighted by Crippen LogP contribution is 2.47. The molecule has 0 spiro atoms. The molecule has 0 amide bonds. The van der Waals surface area contributed by atoms with Crippen LogP contribution in [-0.4, -0.2) is 42.6 Å². The first kappa shape index (κ1) is 32.0. The summed E-state index contributed by atoms with van der Waals surface area (Å²) in [6.07, 6.45) is 0.210. The molecule has 0 unspecified atom stereocenters. The number of ether oxygens (including phenoxy) is 1. The zero-order valence-electron chi connectivity index (χ0n) is 19.0. The molecule has 33 heavy (non-hydrogen) atoms. The van der Waals surface area contributed by atoms with Gasteiger partial charge in [-0.25, -0.2) is 8.42 Å². The van der Waals surface area contributed by atoms with Gasteiger partial charge in [-0.05, 0) is 6.42 Å². The zero-order chi connectivity index (χ0) is 25.6. The standard InChI is InChI=1S/C21H36F6O5S/c1-2-3-4-5-6-7-8-9-10-11-12-13-14-15-16-18(28)32-19(20(22,23)24,21(25,26)27)17-33(29,30)31/h2-17H2,1H3,(H,29,30,31)/p-1. The first-order valence-electron chi connectivity index (χ1n) is 11.4. The van der Waals surface area contributed by atoms with Crippen molar-refractivity contribution in [3.05, 3.63) is 0 Å². The predicted molar refractivity (Wildman–Crippen MR) is 110 cm³/mol. The Morgan fingerprint density at radius 2 is 1.03 bits per heavy atom. The smallest absolute Gasteiger partial charge is 0.438 e. The third-order valence-corrected chi connectivity index (χ3v) is 6.08. The number of esters is 1. The number of halogens is 6. The molecule has 5 nitrogen and oxygen atoms in total. The molecule has 198 valence electrons. The Kier molecular flexibility index (Phi) is 14.6. The Labute approximate surface area is 192 Å². The zero-order valence-corrected chi connectivity index (χ0v) is 19.8. The van der Waals surface area contributed by atoms with Gasteiger partial charge in [0.2, 0.25) is 0 Å². The van der Waals surface area contributed by atoms with Gasteiger partial charge in [-0.1, -0.05) is 90.4 Å². The molecule has 0 heterocycles. The second-order valence-corrected chi connectivity index (χ2v) is 9.75. The van der Waals surface area contributed by atoms with E-state index in [2.05, 4.69) is 11.7 Å². The molecule has 12 heteroatoms. The first-order valence-corrected chi connectivity index (χ1v) is 13.0. The van der Waals surface area contributed by atoms with Gasteiger partial charge in [0.15, 0.2) is 0 Å². The van der Waals surface area contributed by atoms with Crippen LogP contribution in [0.25, 0.3) is 0 Å². The summed E-state index contributed by atoms with van der Waals surface area (Å²) in [6, 6.07) is 0. The average molecular weight is 514 g/mol. The van der Waals surface area contributed by atoms with E-state index < -0.39 is 46.2 Å². The molecule has 0 N–H and O–H groups in total. The van der Waals surface area contributed by atoms with E-state index >= 15 is 0 Å². The molecular weight excluding hydrogens is 478 g/mol. The maximum Gasteiger partial charge on any atom is 0.438 e. The van der Waals surface area contributed by atoms with Crippen molar-refractivity contribution in [1.82, 2.24) is 0 Å². The van der Waals surface area contributed by atoms with Crippen LogP contribution < -0.4 is 0 Å². The van der Waals surface area contributed by atoms with Crippen molar-refractivity contribution in [3.8, 4) is 0 Å². The van der Waals surface area contributed by atoms with Crippen molar-refractivity contribution in [2.24, 2.45) is 0 Å². The van der Waals surface area contributed by atoms with Crippen molar-refractivity contribution >= 4 is 16.1 Å². The monoisotopic (exact) mass is 513 g/mol. The van der Waals surface area contributed by atoms with Crippen LogP contribution in [0, 0.1) is 0 Å². The quantitative estimate of drug-likeness (QED) is 0.0870. The molecule has 0 aromatic carbocycles. The SMILES string of the molecule is CCCCCCCCCCCCCCCCC(=O)OC(CS(=O)(=O)[O-])(C(F)(F)F)C(F)(F)F. The van der Waals surface area contributed by atoms with Gasteiger partial charge in [0.1, 0.15) is 0 Å². The van der Waals surface area contributed by atoms with Crippen LogP contribution in [0.1, 0.15) is 103 Å². The van der Waals surface area contributed by atoms with Gasteiger partial charge in [0.05, 0.1) is 15.9 Å². The van der Waals surface area contributed by atoms with E-state index in [1.54, 1.807) is 0 Å².